The number of para-hydroxylation sites is 1. The Morgan fingerprint density at radius 1 is 1.22 bits per heavy atom. The molecule has 0 aliphatic carbocycles. The maximum atomic E-state index is 4.80. The minimum absolute atomic E-state index is 0.893. The van der Waals surface area contributed by atoms with Crippen molar-refractivity contribution in [1.82, 2.24) is 10.3 Å². The van der Waals surface area contributed by atoms with Crippen LogP contribution in [-0.2, 0) is 6.54 Å². The van der Waals surface area contributed by atoms with Crippen molar-refractivity contribution in [3.8, 4) is 0 Å². The van der Waals surface area contributed by atoms with E-state index >= 15 is 0 Å². The molecule has 0 bridgehead atoms. The van der Waals surface area contributed by atoms with Gasteiger partial charge in [-0.1, -0.05) is 18.2 Å². The van der Waals surface area contributed by atoms with Crippen molar-refractivity contribution in [3.63, 3.8) is 0 Å². The van der Waals surface area contributed by atoms with Crippen molar-refractivity contribution in [2.45, 2.75) is 19.4 Å². The van der Waals surface area contributed by atoms with Crippen LogP contribution in [-0.4, -0.2) is 25.1 Å². The van der Waals surface area contributed by atoms with Gasteiger partial charge < -0.3 is 10.2 Å². The van der Waals surface area contributed by atoms with Gasteiger partial charge in [0.1, 0.15) is 5.82 Å². The molecule has 2 heterocycles. The van der Waals surface area contributed by atoms with Crippen molar-refractivity contribution < 1.29 is 0 Å². The van der Waals surface area contributed by atoms with E-state index in [1.165, 1.54) is 23.8 Å². The highest BCUT2D eigenvalue weighted by atomic mass is 15.2. The van der Waals surface area contributed by atoms with Crippen molar-refractivity contribution in [3.05, 3.63) is 35.9 Å². The summed E-state index contributed by atoms with van der Waals surface area (Å²) < 4.78 is 0. The molecule has 1 fully saturated rings. The Bertz CT molecular complexity index is 544. The molecule has 3 rings (SSSR count). The van der Waals surface area contributed by atoms with E-state index in [1.54, 1.807) is 0 Å². The predicted molar refractivity (Wildman–Crippen MR) is 76.0 cm³/mol. The summed E-state index contributed by atoms with van der Waals surface area (Å²) in [4.78, 5) is 7.19. The second kappa shape index (κ2) is 4.94. The third-order valence-corrected chi connectivity index (χ3v) is 3.59. The van der Waals surface area contributed by atoms with E-state index < -0.39 is 0 Å². The molecule has 0 unspecified atom stereocenters. The van der Waals surface area contributed by atoms with Gasteiger partial charge in [0, 0.05) is 25.0 Å². The number of nitrogens with one attached hydrogen (secondary N) is 1. The fourth-order valence-corrected chi connectivity index (χ4v) is 2.68. The zero-order valence-electron chi connectivity index (χ0n) is 10.8. The van der Waals surface area contributed by atoms with E-state index in [1.807, 2.05) is 7.05 Å². The SMILES string of the molecule is CNCc1cc(N2CCCC2)nc2ccccc12. The maximum Gasteiger partial charge on any atom is 0.129 e. The lowest BCUT2D eigenvalue weighted by molar-refractivity contribution is 0.820. The number of benzene rings is 1. The molecule has 3 nitrogen and oxygen atoms in total. The summed E-state index contributed by atoms with van der Waals surface area (Å²) >= 11 is 0. The van der Waals surface area contributed by atoms with Crippen LogP contribution in [0.1, 0.15) is 18.4 Å². The van der Waals surface area contributed by atoms with E-state index in [0.717, 1.165) is 31.0 Å². The number of fused-ring (bicyclic) bond motifs is 1. The lowest BCUT2D eigenvalue weighted by atomic mass is 10.1. The third kappa shape index (κ3) is 2.06. The van der Waals surface area contributed by atoms with E-state index in [0.29, 0.717) is 0 Å². The highest BCUT2D eigenvalue weighted by Crippen LogP contribution is 2.25. The third-order valence-electron chi connectivity index (χ3n) is 3.59. The van der Waals surface area contributed by atoms with Gasteiger partial charge in [0.15, 0.2) is 0 Å². The van der Waals surface area contributed by atoms with Crippen LogP contribution < -0.4 is 10.2 Å². The zero-order chi connectivity index (χ0) is 12.4. The zero-order valence-corrected chi connectivity index (χ0v) is 10.8. The molecule has 1 saturated heterocycles. The summed E-state index contributed by atoms with van der Waals surface area (Å²) in [6, 6.07) is 10.6. The standard InChI is InChI=1S/C15H19N3/c1-16-11-12-10-15(18-8-4-5-9-18)17-14-7-3-2-6-13(12)14/h2-3,6-7,10,16H,4-5,8-9,11H2,1H3. The molecule has 0 amide bonds. The van der Waals surface area contributed by atoms with Gasteiger partial charge in [-0.25, -0.2) is 4.98 Å². The van der Waals surface area contributed by atoms with Crippen LogP contribution in [0.3, 0.4) is 0 Å². The lowest BCUT2D eigenvalue weighted by Gasteiger charge is -2.18. The van der Waals surface area contributed by atoms with E-state index in [9.17, 15) is 0 Å². The summed E-state index contributed by atoms with van der Waals surface area (Å²) in [6.45, 7) is 3.18. The first kappa shape index (κ1) is 11.5. The first-order valence-electron chi connectivity index (χ1n) is 6.67. The fourth-order valence-electron chi connectivity index (χ4n) is 2.68. The van der Waals surface area contributed by atoms with Crippen LogP contribution in [0.2, 0.25) is 0 Å². The summed E-state index contributed by atoms with van der Waals surface area (Å²) in [5, 5.41) is 4.51. The van der Waals surface area contributed by atoms with Crippen LogP contribution in [0.15, 0.2) is 30.3 Å². The normalized spacial score (nSPS) is 15.5. The Hall–Kier alpha value is -1.61. The molecule has 0 saturated carbocycles. The molecular formula is C15H19N3. The molecule has 1 aromatic heterocycles. The Morgan fingerprint density at radius 3 is 2.78 bits per heavy atom. The van der Waals surface area contributed by atoms with Crippen molar-refractivity contribution in [2.24, 2.45) is 0 Å². The van der Waals surface area contributed by atoms with Gasteiger partial charge in [-0.2, -0.15) is 0 Å². The molecule has 0 radical (unpaired) electrons. The van der Waals surface area contributed by atoms with E-state index in [2.05, 4.69) is 40.5 Å². The Morgan fingerprint density at radius 2 is 2.00 bits per heavy atom. The second-order valence-electron chi connectivity index (χ2n) is 4.88. The van der Waals surface area contributed by atoms with Gasteiger partial charge in [-0.05, 0) is 37.6 Å². The minimum atomic E-state index is 0.893. The molecule has 94 valence electrons. The summed E-state index contributed by atoms with van der Waals surface area (Å²) in [6.07, 6.45) is 2.58. The maximum absolute atomic E-state index is 4.80. The van der Waals surface area contributed by atoms with Crippen LogP contribution >= 0.6 is 0 Å². The van der Waals surface area contributed by atoms with Gasteiger partial charge in [0.2, 0.25) is 0 Å². The first-order chi connectivity index (χ1) is 8.88. The topological polar surface area (TPSA) is 28.2 Å². The van der Waals surface area contributed by atoms with Crippen LogP contribution in [0.4, 0.5) is 5.82 Å². The summed E-state index contributed by atoms with van der Waals surface area (Å²) in [5.74, 6) is 1.14. The minimum Gasteiger partial charge on any atom is -0.357 e. The highest BCUT2D eigenvalue weighted by Gasteiger charge is 2.15. The molecule has 3 heteroatoms. The van der Waals surface area contributed by atoms with Gasteiger partial charge in [-0.15, -0.1) is 0 Å². The molecule has 2 aromatic rings. The number of hydrogen-bond acceptors (Lipinski definition) is 3. The molecule has 18 heavy (non-hydrogen) atoms. The number of rotatable bonds is 3. The first-order valence-corrected chi connectivity index (χ1v) is 6.67. The van der Waals surface area contributed by atoms with Crippen molar-refractivity contribution in [1.29, 1.82) is 0 Å². The quantitative estimate of drug-likeness (QED) is 0.895. The lowest BCUT2D eigenvalue weighted by Crippen LogP contribution is -2.19. The second-order valence-corrected chi connectivity index (χ2v) is 4.88. The average molecular weight is 241 g/mol. The van der Waals surface area contributed by atoms with E-state index in [-0.39, 0.29) is 0 Å². The smallest absolute Gasteiger partial charge is 0.129 e. The van der Waals surface area contributed by atoms with Crippen LogP contribution in [0.5, 0.6) is 0 Å². The fraction of sp³-hybridized carbons (Fsp3) is 0.400. The Kier molecular flexibility index (Phi) is 3.15. The number of nitrogens with zero attached hydrogens (tertiary/aromatic N) is 2. The summed E-state index contributed by atoms with van der Waals surface area (Å²) in [7, 11) is 1.99. The van der Waals surface area contributed by atoms with Gasteiger partial charge in [-0.3, -0.25) is 0 Å². The van der Waals surface area contributed by atoms with Crippen LogP contribution in [0, 0.1) is 0 Å². The molecule has 0 spiro atoms. The highest BCUT2D eigenvalue weighted by molar-refractivity contribution is 5.84. The largest absolute Gasteiger partial charge is 0.357 e. The number of hydrogen-bond donors (Lipinski definition) is 1. The molecular weight excluding hydrogens is 222 g/mol. The number of aromatic nitrogens is 1. The molecule has 1 aliphatic heterocycles. The van der Waals surface area contributed by atoms with Crippen molar-refractivity contribution in [2.75, 3.05) is 25.0 Å². The van der Waals surface area contributed by atoms with Gasteiger partial charge >= 0.3 is 0 Å². The molecule has 1 N–H and O–H groups in total. The molecule has 0 atom stereocenters. The van der Waals surface area contributed by atoms with Crippen LogP contribution in [0.25, 0.3) is 10.9 Å². The monoisotopic (exact) mass is 241 g/mol. The Balaban J connectivity index is 2.10. The van der Waals surface area contributed by atoms with Crippen molar-refractivity contribution >= 4 is 16.7 Å². The van der Waals surface area contributed by atoms with Gasteiger partial charge in [0.25, 0.3) is 0 Å². The van der Waals surface area contributed by atoms with E-state index in [4.69, 9.17) is 4.98 Å². The average Bonchev–Trinajstić information content (AvgIpc) is 2.93. The molecule has 1 aromatic carbocycles. The Labute approximate surface area is 108 Å². The number of pyridine rings is 1. The number of anilines is 1. The summed E-state index contributed by atoms with van der Waals surface area (Å²) in [5.41, 5.74) is 2.44. The molecule has 1 aliphatic rings. The predicted octanol–water partition coefficient (Wildman–Crippen LogP) is 2.55. The van der Waals surface area contributed by atoms with Gasteiger partial charge in [0.05, 0.1) is 5.52 Å².